The van der Waals surface area contributed by atoms with Gasteiger partial charge in [0.25, 0.3) is 6.47 Å². The fourth-order valence-electron chi connectivity index (χ4n) is 1.18. The quantitative estimate of drug-likeness (QED) is 0.424. The molecule has 0 amide bonds. The lowest BCUT2D eigenvalue weighted by molar-refractivity contribution is -0.169. The molecular formula is C11H22O4Si. The van der Waals surface area contributed by atoms with Crippen molar-refractivity contribution in [2.24, 2.45) is 0 Å². The summed E-state index contributed by atoms with van der Waals surface area (Å²) in [6.45, 7) is 12.0. The fourth-order valence-corrected chi connectivity index (χ4v) is 2.55. The zero-order chi connectivity index (χ0) is 13.0. The highest BCUT2D eigenvalue weighted by Gasteiger charge is 2.31. The molecular weight excluding hydrogens is 224 g/mol. The maximum absolute atomic E-state index is 11.7. The Kier molecular flexibility index (Phi) is 5.19. The molecule has 94 valence electrons. The van der Waals surface area contributed by atoms with Crippen LogP contribution in [0.4, 0.5) is 0 Å². The van der Waals surface area contributed by atoms with Crippen LogP contribution in [-0.2, 0) is 19.1 Å². The van der Waals surface area contributed by atoms with E-state index in [-0.39, 0.29) is 0 Å². The van der Waals surface area contributed by atoms with Gasteiger partial charge >= 0.3 is 5.97 Å². The maximum Gasteiger partial charge on any atom is 0.347 e. The van der Waals surface area contributed by atoms with Gasteiger partial charge in [0, 0.05) is 8.07 Å². The number of hydrogen-bond donors (Lipinski definition) is 0. The highest BCUT2D eigenvalue weighted by atomic mass is 28.3. The van der Waals surface area contributed by atoms with Crippen LogP contribution in [0.2, 0.25) is 25.7 Å². The van der Waals surface area contributed by atoms with E-state index in [2.05, 4.69) is 19.6 Å². The van der Waals surface area contributed by atoms with Gasteiger partial charge in [-0.25, -0.2) is 4.79 Å². The third-order valence-corrected chi connectivity index (χ3v) is 3.28. The van der Waals surface area contributed by atoms with Crippen molar-refractivity contribution >= 4 is 20.5 Å². The summed E-state index contributed by atoms with van der Waals surface area (Å²) >= 11 is 0. The second-order valence-electron chi connectivity index (χ2n) is 6.02. The summed E-state index contributed by atoms with van der Waals surface area (Å²) in [6.07, 6.45) is -0.761. The Morgan fingerprint density at radius 3 is 2.12 bits per heavy atom. The molecule has 0 fully saturated rings. The first kappa shape index (κ1) is 15.2. The molecule has 0 aromatic carbocycles. The number of ether oxygens (including phenoxy) is 2. The Labute approximate surface area is 98.3 Å². The van der Waals surface area contributed by atoms with Crippen molar-refractivity contribution in [1.82, 2.24) is 0 Å². The molecule has 1 atom stereocenters. The van der Waals surface area contributed by atoms with Crippen LogP contribution in [0, 0.1) is 0 Å². The van der Waals surface area contributed by atoms with Crippen molar-refractivity contribution in [1.29, 1.82) is 0 Å². The van der Waals surface area contributed by atoms with Gasteiger partial charge < -0.3 is 9.47 Å². The van der Waals surface area contributed by atoms with Crippen molar-refractivity contribution < 1.29 is 19.1 Å². The highest BCUT2D eigenvalue weighted by molar-refractivity contribution is 6.76. The van der Waals surface area contributed by atoms with Gasteiger partial charge in [0.2, 0.25) is 0 Å². The molecule has 16 heavy (non-hydrogen) atoms. The molecule has 0 rings (SSSR count). The summed E-state index contributed by atoms with van der Waals surface area (Å²) in [7, 11) is -1.48. The molecule has 0 saturated carbocycles. The molecule has 0 aliphatic rings. The van der Waals surface area contributed by atoms with E-state index in [0.29, 0.717) is 12.5 Å². The minimum Gasteiger partial charge on any atom is -0.457 e. The number of hydrogen-bond acceptors (Lipinski definition) is 4. The van der Waals surface area contributed by atoms with E-state index in [0.717, 1.165) is 0 Å². The molecule has 0 aliphatic carbocycles. The molecule has 0 aliphatic heterocycles. The molecule has 0 heterocycles. The van der Waals surface area contributed by atoms with Crippen LogP contribution in [0.15, 0.2) is 0 Å². The zero-order valence-electron chi connectivity index (χ0n) is 11.0. The highest BCUT2D eigenvalue weighted by Crippen LogP contribution is 2.17. The van der Waals surface area contributed by atoms with Gasteiger partial charge in [-0.15, -0.1) is 0 Å². The number of esters is 1. The Morgan fingerprint density at radius 2 is 1.81 bits per heavy atom. The minimum absolute atomic E-state index is 0.314. The number of rotatable bonds is 5. The standard InChI is InChI=1S/C11H22O4Si/c1-11(2,3)15-10(13)9(14-8-12)7-16(4,5)6/h8-9H,7H2,1-6H3. The lowest BCUT2D eigenvalue weighted by Gasteiger charge is -2.26. The molecule has 0 saturated heterocycles. The SMILES string of the molecule is CC(C)(C)OC(=O)C(C[Si](C)(C)C)OC=O. The lowest BCUT2D eigenvalue weighted by Crippen LogP contribution is -2.38. The first-order valence-corrected chi connectivity index (χ1v) is 9.08. The Morgan fingerprint density at radius 1 is 1.31 bits per heavy atom. The summed E-state index contributed by atoms with van der Waals surface area (Å²) in [4.78, 5) is 22.1. The third-order valence-electron chi connectivity index (χ3n) is 1.69. The molecule has 4 nitrogen and oxygen atoms in total. The van der Waals surface area contributed by atoms with Crippen LogP contribution in [-0.4, -0.2) is 32.2 Å². The van der Waals surface area contributed by atoms with Crippen LogP contribution in [0.25, 0.3) is 0 Å². The Balaban J connectivity index is 4.53. The van der Waals surface area contributed by atoms with E-state index in [1.54, 1.807) is 20.8 Å². The Hall–Kier alpha value is -0.843. The first-order valence-electron chi connectivity index (χ1n) is 5.37. The van der Waals surface area contributed by atoms with Crippen LogP contribution < -0.4 is 0 Å². The lowest BCUT2D eigenvalue weighted by atomic mass is 10.2. The summed E-state index contributed by atoms with van der Waals surface area (Å²) < 4.78 is 10.0. The average Bonchev–Trinajstić information content (AvgIpc) is 1.97. The van der Waals surface area contributed by atoms with Crippen LogP contribution in [0.5, 0.6) is 0 Å². The summed E-state index contributed by atoms with van der Waals surface area (Å²) in [6, 6.07) is 0.584. The minimum atomic E-state index is -1.48. The summed E-state index contributed by atoms with van der Waals surface area (Å²) in [5.41, 5.74) is -0.555. The van der Waals surface area contributed by atoms with Crippen LogP contribution in [0.3, 0.4) is 0 Å². The predicted octanol–water partition coefficient (Wildman–Crippen LogP) is 2.21. The van der Waals surface area contributed by atoms with Crippen molar-refractivity contribution in [3.8, 4) is 0 Å². The third kappa shape index (κ3) is 7.45. The van der Waals surface area contributed by atoms with Gasteiger partial charge in [-0.1, -0.05) is 19.6 Å². The van der Waals surface area contributed by atoms with E-state index < -0.39 is 25.7 Å². The van der Waals surface area contributed by atoms with E-state index >= 15 is 0 Å². The van der Waals surface area contributed by atoms with Crippen LogP contribution in [0.1, 0.15) is 20.8 Å². The zero-order valence-corrected chi connectivity index (χ0v) is 12.0. The summed E-state index contributed by atoms with van der Waals surface area (Å²) in [5, 5.41) is 0. The predicted molar refractivity (Wildman–Crippen MR) is 64.9 cm³/mol. The smallest absolute Gasteiger partial charge is 0.347 e. The van der Waals surface area contributed by atoms with Crippen molar-refractivity contribution in [3.05, 3.63) is 0 Å². The van der Waals surface area contributed by atoms with Gasteiger partial charge in [-0.2, -0.15) is 0 Å². The average molecular weight is 246 g/mol. The second-order valence-corrected chi connectivity index (χ2v) is 11.5. The molecule has 0 bridgehead atoms. The van der Waals surface area contributed by atoms with E-state index in [1.807, 2.05) is 0 Å². The van der Waals surface area contributed by atoms with Gasteiger partial charge in [0.15, 0.2) is 6.10 Å². The van der Waals surface area contributed by atoms with E-state index in [4.69, 9.17) is 9.47 Å². The fraction of sp³-hybridized carbons (Fsp3) is 0.818. The van der Waals surface area contributed by atoms with Crippen molar-refractivity contribution in [2.75, 3.05) is 0 Å². The molecule has 0 N–H and O–H groups in total. The van der Waals surface area contributed by atoms with Crippen molar-refractivity contribution in [2.45, 2.75) is 58.2 Å². The molecule has 0 radical (unpaired) electrons. The van der Waals surface area contributed by atoms with Crippen molar-refractivity contribution in [3.63, 3.8) is 0 Å². The van der Waals surface area contributed by atoms with Gasteiger partial charge in [0.05, 0.1) is 0 Å². The van der Waals surface area contributed by atoms with Gasteiger partial charge in [-0.05, 0) is 26.8 Å². The van der Waals surface area contributed by atoms with Gasteiger partial charge in [0.1, 0.15) is 5.60 Å². The summed E-state index contributed by atoms with van der Waals surface area (Å²) in [5.74, 6) is -0.456. The molecule has 0 spiro atoms. The normalized spacial score (nSPS) is 14.1. The van der Waals surface area contributed by atoms with E-state index in [9.17, 15) is 9.59 Å². The largest absolute Gasteiger partial charge is 0.457 e. The molecule has 1 unspecified atom stereocenters. The number of carbonyl (C=O) groups excluding carboxylic acids is 2. The van der Waals surface area contributed by atoms with E-state index in [1.165, 1.54) is 0 Å². The number of carbonyl (C=O) groups is 2. The van der Waals surface area contributed by atoms with Crippen LogP contribution >= 0.6 is 0 Å². The second kappa shape index (κ2) is 5.47. The first-order chi connectivity index (χ1) is 7.05. The monoisotopic (exact) mass is 246 g/mol. The van der Waals surface area contributed by atoms with Gasteiger partial charge in [-0.3, -0.25) is 4.79 Å². The topological polar surface area (TPSA) is 52.6 Å². The Bertz CT molecular complexity index is 250. The molecule has 0 aromatic rings. The molecule has 5 heteroatoms. The molecule has 0 aromatic heterocycles. The maximum atomic E-state index is 11.7.